The van der Waals surface area contributed by atoms with Crippen molar-refractivity contribution in [2.45, 2.75) is 46.0 Å². The van der Waals surface area contributed by atoms with Gasteiger partial charge in [-0.1, -0.05) is 38.1 Å². The molecule has 2 aromatic rings. The van der Waals surface area contributed by atoms with Gasteiger partial charge in [-0.3, -0.25) is 19.2 Å². The van der Waals surface area contributed by atoms with Crippen LogP contribution in [0.2, 0.25) is 0 Å². The predicted octanol–water partition coefficient (Wildman–Crippen LogP) is 5.37. The van der Waals surface area contributed by atoms with Crippen molar-refractivity contribution in [3.05, 3.63) is 59.7 Å². The Kier molecular flexibility index (Phi) is 11.8. The van der Waals surface area contributed by atoms with E-state index in [0.717, 1.165) is 0 Å². The van der Waals surface area contributed by atoms with E-state index in [4.69, 9.17) is 18.9 Å². The van der Waals surface area contributed by atoms with Crippen molar-refractivity contribution < 1.29 is 38.1 Å². The molecule has 0 bridgehead atoms. The highest BCUT2D eigenvalue weighted by molar-refractivity contribution is 6.10. The molecule has 0 fully saturated rings. The van der Waals surface area contributed by atoms with Crippen molar-refractivity contribution >= 4 is 35.7 Å². The van der Waals surface area contributed by atoms with Gasteiger partial charge in [-0.25, -0.2) is 0 Å². The molecule has 2 aromatic carbocycles. The average Bonchev–Trinajstić information content (AvgIpc) is 2.87. The van der Waals surface area contributed by atoms with Crippen LogP contribution < -0.4 is 18.9 Å². The van der Waals surface area contributed by atoms with E-state index in [0.29, 0.717) is 59.8 Å². The monoisotopic (exact) mass is 508 g/mol. The smallest absolute Gasteiger partial charge is 0.311 e. The number of hydrogen-bond acceptors (Lipinski definition) is 8. The molecule has 0 amide bonds. The molecule has 0 heterocycles. The average molecular weight is 509 g/mol. The molecule has 0 N–H and O–H groups in total. The van der Waals surface area contributed by atoms with Gasteiger partial charge in [0.25, 0.3) is 0 Å². The fourth-order valence-corrected chi connectivity index (χ4v) is 3.17. The first-order valence-corrected chi connectivity index (χ1v) is 12.0. The van der Waals surface area contributed by atoms with Crippen LogP contribution in [0.3, 0.4) is 0 Å². The van der Waals surface area contributed by atoms with Gasteiger partial charge in [0.15, 0.2) is 34.6 Å². The van der Waals surface area contributed by atoms with E-state index in [1.165, 1.54) is 26.4 Å². The van der Waals surface area contributed by atoms with Crippen molar-refractivity contribution in [3.8, 4) is 23.0 Å². The van der Waals surface area contributed by atoms with Crippen LogP contribution in [0.25, 0.3) is 12.2 Å². The van der Waals surface area contributed by atoms with E-state index in [2.05, 4.69) is 0 Å². The lowest BCUT2D eigenvalue weighted by Crippen LogP contribution is -2.07. The molecule has 196 valence electrons. The lowest BCUT2D eigenvalue weighted by atomic mass is 10.1. The zero-order valence-corrected chi connectivity index (χ0v) is 21.6. The van der Waals surface area contributed by atoms with E-state index in [1.54, 1.807) is 48.6 Å². The van der Waals surface area contributed by atoms with Crippen molar-refractivity contribution in [2.24, 2.45) is 0 Å². The second-order valence-electron chi connectivity index (χ2n) is 8.04. The van der Waals surface area contributed by atoms with Gasteiger partial charge in [0.05, 0.1) is 20.6 Å². The molecule has 0 unspecified atom stereocenters. The third-order valence-electron chi connectivity index (χ3n) is 5.00. The molecule has 0 spiro atoms. The fraction of sp³-hybridized carbons (Fsp3) is 0.310. The van der Waals surface area contributed by atoms with E-state index in [1.807, 2.05) is 13.8 Å². The fourth-order valence-electron chi connectivity index (χ4n) is 3.17. The number of methoxy groups -OCH3 is 2. The molecule has 8 heteroatoms. The Bertz CT molecular complexity index is 1080. The molecule has 0 radical (unpaired) electrons. The molecule has 0 saturated heterocycles. The van der Waals surface area contributed by atoms with Crippen LogP contribution in [0.4, 0.5) is 0 Å². The maximum absolute atomic E-state index is 12.3. The number of benzene rings is 2. The number of ketones is 2. The number of hydrogen-bond donors (Lipinski definition) is 0. The summed E-state index contributed by atoms with van der Waals surface area (Å²) >= 11 is 0. The van der Waals surface area contributed by atoms with Crippen molar-refractivity contribution in [2.75, 3.05) is 14.2 Å². The summed E-state index contributed by atoms with van der Waals surface area (Å²) < 4.78 is 21.1. The molecule has 8 nitrogen and oxygen atoms in total. The minimum absolute atomic E-state index is 0.300. The summed E-state index contributed by atoms with van der Waals surface area (Å²) in [6.07, 6.45) is 7.39. The molecule has 0 aliphatic rings. The molecule has 37 heavy (non-hydrogen) atoms. The Morgan fingerprint density at radius 3 is 1.41 bits per heavy atom. The molecule has 0 aliphatic heterocycles. The standard InChI is InChI=1S/C29H32O8/c1-5-7-28(32)36-24-15-11-20(17-26(24)34-3)9-13-22(30)19-23(31)14-10-21-12-16-25(27(18-21)35-4)37-29(33)8-6-2/h9-18H,5-8,19H2,1-4H3/b13-9+,14-10+. The van der Waals surface area contributed by atoms with E-state index < -0.39 is 0 Å². The first-order valence-electron chi connectivity index (χ1n) is 12.0. The van der Waals surface area contributed by atoms with Crippen molar-refractivity contribution in [3.63, 3.8) is 0 Å². The van der Waals surface area contributed by atoms with Gasteiger partial charge in [-0.15, -0.1) is 0 Å². The number of ether oxygens (including phenoxy) is 4. The molecule has 0 atom stereocenters. The number of esters is 2. The summed E-state index contributed by atoms with van der Waals surface area (Å²) in [6, 6.07) is 9.81. The highest BCUT2D eigenvalue weighted by Gasteiger charge is 2.11. The summed E-state index contributed by atoms with van der Waals surface area (Å²) in [5.74, 6) is -0.127. The van der Waals surface area contributed by atoms with E-state index in [-0.39, 0.29) is 29.9 Å². The van der Waals surface area contributed by atoms with Gasteiger partial charge < -0.3 is 18.9 Å². The molecule has 0 aromatic heterocycles. The third-order valence-corrected chi connectivity index (χ3v) is 5.00. The van der Waals surface area contributed by atoms with Gasteiger partial charge in [-0.2, -0.15) is 0 Å². The van der Waals surface area contributed by atoms with Gasteiger partial charge >= 0.3 is 11.9 Å². The largest absolute Gasteiger partial charge is 0.493 e. The second kappa shape index (κ2) is 15.0. The zero-order chi connectivity index (χ0) is 27.2. The summed E-state index contributed by atoms with van der Waals surface area (Å²) in [6.45, 7) is 3.76. The maximum atomic E-state index is 12.3. The quantitative estimate of drug-likeness (QED) is 0.145. The Morgan fingerprint density at radius 1 is 0.649 bits per heavy atom. The van der Waals surface area contributed by atoms with Crippen LogP contribution >= 0.6 is 0 Å². The summed E-state index contributed by atoms with van der Waals surface area (Å²) in [7, 11) is 2.91. The number of carbonyl (C=O) groups excluding carboxylic acids is 4. The number of carbonyl (C=O) groups is 4. The molecule has 2 rings (SSSR count). The summed E-state index contributed by atoms with van der Waals surface area (Å²) in [5.41, 5.74) is 1.30. The molecular weight excluding hydrogens is 476 g/mol. The molecular formula is C29H32O8. The Hall–Kier alpha value is -4.20. The Labute approximate surface area is 216 Å². The van der Waals surface area contributed by atoms with Crippen LogP contribution in [-0.2, 0) is 19.2 Å². The minimum Gasteiger partial charge on any atom is -0.493 e. The lowest BCUT2D eigenvalue weighted by Gasteiger charge is -2.09. The molecule has 0 aliphatic carbocycles. The van der Waals surface area contributed by atoms with Crippen LogP contribution in [0.15, 0.2) is 48.6 Å². The van der Waals surface area contributed by atoms with Crippen LogP contribution in [0, 0.1) is 0 Å². The lowest BCUT2D eigenvalue weighted by molar-refractivity contribution is -0.135. The zero-order valence-electron chi connectivity index (χ0n) is 21.6. The molecule has 0 saturated carbocycles. The van der Waals surface area contributed by atoms with Gasteiger partial charge in [0.1, 0.15) is 0 Å². The predicted molar refractivity (Wildman–Crippen MR) is 140 cm³/mol. The number of allylic oxidation sites excluding steroid dienone is 2. The highest BCUT2D eigenvalue weighted by Crippen LogP contribution is 2.30. The highest BCUT2D eigenvalue weighted by atomic mass is 16.6. The first kappa shape index (κ1) is 29.0. The minimum atomic E-state index is -0.372. The first-order chi connectivity index (χ1) is 17.8. The van der Waals surface area contributed by atoms with Crippen molar-refractivity contribution in [1.29, 1.82) is 0 Å². The number of rotatable bonds is 14. The van der Waals surface area contributed by atoms with Crippen molar-refractivity contribution in [1.82, 2.24) is 0 Å². The van der Waals surface area contributed by atoms with Gasteiger partial charge in [-0.05, 0) is 60.4 Å². The van der Waals surface area contributed by atoms with Crippen LogP contribution in [0.5, 0.6) is 23.0 Å². The SMILES string of the molecule is CCCC(=O)Oc1ccc(/C=C/C(=O)CC(=O)/C=C/c2ccc(OC(=O)CCC)c(OC)c2)cc1OC. The van der Waals surface area contributed by atoms with Gasteiger partial charge in [0, 0.05) is 12.8 Å². The summed E-state index contributed by atoms with van der Waals surface area (Å²) in [5, 5.41) is 0. The van der Waals surface area contributed by atoms with Crippen LogP contribution in [0.1, 0.15) is 57.1 Å². The second-order valence-corrected chi connectivity index (χ2v) is 8.04. The van der Waals surface area contributed by atoms with E-state index in [9.17, 15) is 19.2 Å². The topological polar surface area (TPSA) is 105 Å². The Balaban J connectivity index is 1.98. The van der Waals surface area contributed by atoms with E-state index >= 15 is 0 Å². The maximum Gasteiger partial charge on any atom is 0.311 e. The van der Waals surface area contributed by atoms with Gasteiger partial charge in [0.2, 0.25) is 0 Å². The third kappa shape index (κ3) is 9.76. The normalized spacial score (nSPS) is 10.9. The van der Waals surface area contributed by atoms with Crippen LogP contribution in [-0.4, -0.2) is 37.7 Å². The summed E-state index contributed by atoms with van der Waals surface area (Å²) in [4.78, 5) is 48.0. The Morgan fingerprint density at radius 2 is 1.05 bits per heavy atom.